The van der Waals surface area contributed by atoms with Crippen LogP contribution in [0.2, 0.25) is 0 Å². The molecule has 2 fully saturated rings. The van der Waals surface area contributed by atoms with Crippen molar-refractivity contribution in [1.82, 2.24) is 15.0 Å². The van der Waals surface area contributed by atoms with Gasteiger partial charge in [-0.2, -0.15) is 5.10 Å². The van der Waals surface area contributed by atoms with E-state index in [1.54, 1.807) is 6.21 Å². The van der Waals surface area contributed by atoms with E-state index < -0.39 is 23.6 Å². The first-order valence-corrected chi connectivity index (χ1v) is 10.6. The molecule has 1 saturated carbocycles. The lowest BCUT2D eigenvalue weighted by Gasteiger charge is -2.26. The number of hydrogen-bond donors (Lipinski definition) is 1. The quantitative estimate of drug-likeness (QED) is 0.785. The molecular formula is C22H22F2N6O2. The highest BCUT2D eigenvalue weighted by Crippen LogP contribution is 2.44. The molecule has 10 heteroatoms. The first-order chi connectivity index (χ1) is 15.4. The van der Waals surface area contributed by atoms with Crippen LogP contribution in [0.3, 0.4) is 0 Å². The van der Waals surface area contributed by atoms with Crippen molar-refractivity contribution in [1.29, 1.82) is 0 Å². The third-order valence-electron chi connectivity index (χ3n) is 6.60. The zero-order valence-corrected chi connectivity index (χ0v) is 17.2. The fraction of sp³-hybridized carbons (Fsp3) is 0.409. The van der Waals surface area contributed by atoms with Gasteiger partial charge < -0.3 is 10.6 Å². The highest BCUT2D eigenvalue weighted by molar-refractivity contribution is 5.90. The van der Waals surface area contributed by atoms with E-state index in [0.29, 0.717) is 55.7 Å². The van der Waals surface area contributed by atoms with Gasteiger partial charge in [0.1, 0.15) is 17.3 Å². The fourth-order valence-corrected chi connectivity index (χ4v) is 5.16. The Balaban J connectivity index is 1.26. The summed E-state index contributed by atoms with van der Waals surface area (Å²) >= 11 is 0. The monoisotopic (exact) mass is 440 g/mol. The Morgan fingerprint density at radius 3 is 2.41 bits per heavy atom. The summed E-state index contributed by atoms with van der Waals surface area (Å²) in [5.41, 5.74) is 5.89. The Labute approximate surface area is 183 Å². The maximum Gasteiger partial charge on any atom is 0.267 e. The van der Waals surface area contributed by atoms with Crippen LogP contribution in [0.25, 0.3) is 0 Å². The van der Waals surface area contributed by atoms with Crippen molar-refractivity contribution in [2.24, 2.45) is 28.6 Å². The molecule has 1 aromatic heterocycles. The third-order valence-corrected chi connectivity index (χ3v) is 6.60. The number of hydrogen-bond acceptors (Lipinski definition) is 6. The van der Waals surface area contributed by atoms with Gasteiger partial charge in [0.2, 0.25) is 11.9 Å². The molecule has 5 rings (SSSR count). The number of carbonyl (C=O) groups excluding carboxylic acids is 2. The molecule has 0 spiro atoms. The molecular weight excluding hydrogens is 418 g/mol. The summed E-state index contributed by atoms with van der Waals surface area (Å²) in [6.07, 6.45) is 4.96. The van der Waals surface area contributed by atoms with Crippen LogP contribution in [-0.4, -0.2) is 46.1 Å². The number of nitrogens with two attached hydrogens (primary N) is 1. The number of nitrogens with zero attached hydrogens (tertiary/aromatic N) is 5. The Bertz CT molecular complexity index is 1080. The predicted octanol–water partition coefficient (Wildman–Crippen LogP) is 2.28. The van der Waals surface area contributed by atoms with Crippen LogP contribution >= 0.6 is 0 Å². The van der Waals surface area contributed by atoms with Crippen LogP contribution in [0.4, 0.5) is 14.7 Å². The van der Waals surface area contributed by atoms with Crippen LogP contribution in [0.5, 0.6) is 0 Å². The number of amides is 2. The molecule has 2 N–H and O–H groups in total. The number of benzene rings is 1. The maximum absolute atomic E-state index is 13.7. The number of rotatable bonds is 4. The zero-order chi connectivity index (χ0) is 22.4. The van der Waals surface area contributed by atoms with Crippen LogP contribution in [0, 0.1) is 29.4 Å². The summed E-state index contributed by atoms with van der Waals surface area (Å²) in [5, 5.41) is 5.61. The molecule has 2 aliphatic heterocycles. The van der Waals surface area contributed by atoms with Gasteiger partial charge in [0, 0.05) is 43.9 Å². The van der Waals surface area contributed by atoms with Crippen molar-refractivity contribution in [3.8, 4) is 0 Å². The molecule has 3 aliphatic rings. The number of carbonyl (C=O) groups is 2. The molecule has 1 saturated heterocycles. The van der Waals surface area contributed by atoms with Gasteiger partial charge >= 0.3 is 0 Å². The number of hydrazone groups is 1. The van der Waals surface area contributed by atoms with Crippen molar-refractivity contribution in [2.45, 2.75) is 25.3 Å². The Morgan fingerprint density at radius 2 is 1.75 bits per heavy atom. The highest BCUT2D eigenvalue weighted by Gasteiger charge is 2.46. The van der Waals surface area contributed by atoms with Crippen molar-refractivity contribution < 1.29 is 18.4 Å². The minimum absolute atomic E-state index is 0.110. The molecule has 8 nitrogen and oxygen atoms in total. The van der Waals surface area contributed by atoms with Gasteiger partial charge in [0.05, 0.1) is 6.04 Å². The van der Waals surface area contributed by atoms with E-state index >= 15 is 0 Å². The topological polar surface area (TPSA) is 105 Å². The number of aromatic nitrogens is 2. The molecule has 3 heterocycles. The van der Waals surface area contributed by atoms with Crippen LogP contribution in [0.1, 0.15) is 41.4 Å². The second-order valence-electron chi connectivity index (χ2n) is 8.63. The SMILES string of the molecule is NC(=O)c1ccnc(N2C[C@H]3CC(C(=O)N4N=CC[C@@H]4c4cc(F)cc(F)c4)C[C@H]3C2)n1. The smallest absolute Gasteiger partial charge is 0.267 e. The predicted molar refractivity (Wildman–Crippen MR) is 112 cm³/mol. The normalized spacial score (nSPS) is 26.6. The molecule has 32 heavy (non-hydrogen) atoms. The third kappa shape index (κ3) is 3.69. The molecule has 2 aromatic rings. The lowest BCUT2D eigenvalue weighted by Crippen LogP contribution is -2.33. The van der Waals surface area contributed by atoms with Gasteiger partial charge in [-0.05, 0) is 48.4 Å². The highest BCUT2D eigenvalue weighted by atomic mass is 19.1. The van der Waals surface area contributed by atoms with Crippen molar-refractivity contribution in [2.75, 3.05) is 18.0 Å². The van der Waals surface area contributed by atoms with Crippen molar-refractivity contribution in [3.63, 3.8) is 0 Å². The van der Waals surface area contributed by atoms with Crippen molar-refractivity contribution in [3.05, 3.63) is 53.4 Å². The number of primary amides is 1. The molecule has 0 bridgehead atoms. The number of fused-ring (bicyclic) bond motifs is 1. The Hall–Kier alpha value is -3.43. The largest absolute Gasteiger partial charge is 0.364 e. The molecule has 1 unspecified atom stereocenters. The molecule has 1 aliphatic carbocycles. The molecule has 166 valence electrons. The second-order valence-corrected chi connectivity index (χ2v) is 8.63. The first kappa shape index (κ1) is 20.5. The van der Waals surface area contributed by atoms with Gasteiger partial charge in [-0.1, -0.05) is 0 Å². The van der Waals surface area contributed by atoms with E-state index in [0.717, 1.165) is 6.07 Å². The second kappa shape index (κ2) is 7.92. The first-order valence-electron chi connectivity index (χ1n) is 10.6. The number of halogens is 2. The van der Waals surface area contributed by atoms with E-state index in [1.165, 1.54) is 29.4 Å². The molecule has 1 aromatic carbocycles. The fourth-order valence-electron chi connectivity index (χ4n) is 5.16. The van der Waals surface area contributed by atoms with E-state index in [-0.39, 0.29) is 17.5 Å². The van der Waals surface area contributed by atoms with Crippen molar-refractivity contribution >= 4 is 24.0 Å². The summed E-state index contributed by atoms with van der Waals surface area (Å²) < 4.78 is 27.4. The molecule has 4 atom stereocenters. The van der Waals surface area contributed by atoms with Gasteiger partial charge in [-0.15, -0.1) is 0 Å². The average Bonchev–Trinajstić information content (AvgIpc) is 3.47. The lowest BCUT2D eigenvalue weighted by molar-refractivity contribution is -0.137. The zero-order valence-electron chi connectivity index (χ0n) is 17.2. The summed E-state index contributed by atoms with van der Waals surface area (Å²) in [5.74, 6) is -1.19. The lowest BCUT2D eigenvalue weighted by atomic mass is 10.0. The van der Waals surface area contributed by atoms with Gasteiger partial charge in [-0.3, -0.25) is 9.59 Å². The number of anilines is 1. The standard InChI is InChI=1S/C22H22F2N6O2/c23-16-7-12(8-17(24)9-16)19-2-4-27-30(19)21(32)13-5-14-10-29(11-15(14)6-13)22-26-3-1-18(28-22)20(25)31/h1,3-4,7-9,13-15,19H,2,5-6,10-11H2,(H2,25,31)/t13?,14-,15+,19-/m1/s1. The summed E-state index contributed by atoms with van der Waals surface area (Å²) in [6, 6.07) is 4.32. The van der Waals surface area contributed by atoms with Crippen LogP contribution in [0.15, 0.2) is 35.6 Å². The average molecular weight is 440 g/mol. The summed E-state index contributed by atoms with van der Waals surface area (Å²) in [7, 11) is 0. The minimum atomic E-state index is -0.669. The molecule has 0 radical (unpaired) electrons. The summed E-state index contributed by atoms with van der Waals surface area (Å²) in [6.45, 7) is 1.39. The Morgan fingerprint density at radius 1 is 1.06 bits per heavy atom. The Kier molecular flexibility index (Phi) is 5.07. The van der Waals surface area contributed by atoms with Gasteiger partial charge in [-0.25, -0.2) is 23.8 Å². The van der Waals surface area contributed by atoms with E-state index in [1.807, 2.05) is 4.90 Å². The maximum atomic E-state index is 13.7. The minimum Gasteiger partial charge on any atom is -0.364 e. The van der Waals surface area contributed by atoms with Gasteiger partial charge in [0.25, 0.3) is 5.91 Å². The molecule has 2 amide bonds. The van der Waals surface area contributed by atoms with Crippen LogP contribution < -0.4 is 10.6 Å². The van der Waals surface area contributed by atoms with E-state index in [9.17, 15) is 18.4 Å². The van der Waals surface area contributed by atoms with E-state index in [2.05, 4.69) is 15.1 Å². The van der Waals surface area contributed by atoms with Crippen LogP contribution in [-0.2, 0) is 4.79 Å². The summed E-state index contributed by atoms with van der Waals surface area (Å²) in [4.78, 5) is 35.2. The van der Waals surface area contributed by atoms with E-state index in [4.69, 9.17) is 5.73 Å². The van der Waals surface area contributed by atoms with Gasteiger partial charge in [0.15, 0.2) is 0 Å².